The Kier molecular flexibility index (Phi) is 6.93. The van der Waals surface area contributed by atoms with Crippen LogP contribution in [0.5, 0.6) is 0 Å². The number of hydrogen-bond acceptors (Lipinski definition) is 5. The van der Waals surface area contributed by atoms with Gasteiger partial charge in [-0.15, -0.1) is 17.8 Å². The Morgan fingerprint density at radius 2 is 2.26 bits per heavy atom. The smallest absolute Gasteiger partial charge is 0.407 e. The van der Waals surface area contributed by atoms with E-state index in [0.717, 1.165) is 17.1 Å². The van der Waals surface area contributed by atoms with Gasteiger partial charge in [0.05, 0.1) is 17.3 Å². The van der Waals surface area contributed by atoms with E-state index in [-0.39, 0.29) is 13.2 Å². The minimum absolute atomic E-state index is 0.201. The van der Waals surface area contributed by atoms with Crippen molar-refractivity contribution >= 4 is 17.4 Å². The van der Waals surface area contributed by atoms with E-state index in [1.807, 2.05) is 13.8 Å². The molecular weight excluding hydrogens is 264 g/mol. The van der Waals surface area contributed by atoms with Gasteiger partial charge < -0.3 is 14.8 Å². The number of nitrogens with one attached hydrogen (secondary N) is 1. The van der Waals surface area contributed by atoms with Gasteiger partial charge in [-0.3, -0.25) is 0 Å². The molecule has 0 aromatic carbocycles. The van der Waals surface area contributed by atoms with E-state index in [9.17, 15) is 4.79 Å². The zero-order valence-corrected chi connectivity index (χ0v) is 12.0. The van der Waals surface area contributed by atoms with E-state index in [1.54, 1.807) is 11.3 Å². The molecule has 0 aliphatic heterocycles. The zero-order chi connectivity index (χ0) is 14.1. The molecule has 0 unspecified atom stereocenters. The maximum atomic E-state index is 11.3. The van der Waals surface area contributed by atoms with Gasteiger partial charge in [-0.05, 0) is 13.8 Å². The number of rotatable bonds is 7. The van der Waals surface area contributed by atoms with Gasteiger partial charge in [0.25, 0.3) is 0 Å². The minimum atomic E-state index is -0.441. The van der Waals surface area contributed by atoms with E-state index in [2.05, 4.69) is 16.2 Å². The summed E-state index contributed by atoms with van der Waals surface area (Å²) in [6, 6.07) is 0. The van der Waals surface area contributed by atoms with Crippen molar-refractivity contribution in [2.75, 3.05) is 26.4 Å². The van der Waals surface area contributed by atoms with Crippen molar-refractivity contribution in [1.82, 2.24) is 10.3 Å². The Bertz CT molecular complexity index is 451. The second-order valence-electron chi connectivity index (χ2n) is 3.81. The lowest BCUT2D eigenvalue weighted by molar-refractivity contribution is 0.0873. The van der Waals surface area contributed by atoms with Crippen LogP contribution in [0.3, 0.4) is 0 Å². The van der Waals surface area contributed by atoms with Crippen molar-refractivity contribution in [1.29, 1.82) is 0 Å². The lowest BCUT2D eigenvalue weighted by Crippen LogP contribution is -2.27. The third kappa shape index (κ3) is 6.22. The first-order valence-corrected chi connectivity index (χ1v) is 6.80. The maximum absolute atomic E-state index is 11.3. The topological polar surface area (TPSA) is 60.5 Å². The van der Waals surface area contributed by atoms with Crippen molar-refractivity contribution in [2.45, 2.75) is 20.3 Å². The van der Waals surface area contributed by atoms with Crippen LogP contribution in [-0.2, 0) is 15.9 Å². The molecule has 1 heterocycles. The number of terminal acetylenes is 1. The number of aromatic nitrogens is 1. The fourth-order valence-electron chi connectivity index (χ4n) is 1.46. The van der Waals surface area contributed by atoms with Crippen molar-refractivity contribution < 1.29 is 14.3 Å². The van der Waals surface area contributed by atoms with Crippen LogP contribution in [0.1, 0.15) is 15.6 Å². The van der Waals surface area contributed by atoms with Gasteiger partial charge in [-0.1, -0.05) is 5.92 Å². The van der Waals surface area contributed by atoms with E-state index >= 15 is 0 Å². The first kappa shape index (κ1) is 15.5. The predicted molar refractivity (Wildman–Crippen MR) is 74.3 cm³/mol. The molecule has 0 fully saturated rings. The monoisotopic (exact) mass is 282 g/mol. The van der Waals surface area contributed by atoms with Gasteiger partial charge in [0, 0.05) is 17.8 Å². The highest BCUT2D eigenvalue weighted by atomic mass is 32.1. The van der Waals surface area contributed by atoms with E-state index in [0.29, 0.717) is 13.2 Å². The van der Waals surface area contributed by atoms with Gasteiger partial charge >= 0.3 is 6.09 Å². The lowest BCUT2D eigenvalue weighted by Gasteiger charge is -2.06. The highest BCUT2D eigenvalue weighted by molar-refractivity contribution is 7.11. The highest BCUT2D eigenvalue weighted by Crippen LogP contribution is 2.16. The molecule has 19 heavy (non-hydrogen) atoms. The standard InChI is InChI=1S/C13H18N2O3S/c1-4-7-17-8-9-18-13(16)14-6-5-12-10(2)15-11(3)19-12/h1H,5-9H2,2-3H3,(H,14,16). The van der Waals surface area contributed by atoms with Gasteiger partial charge in [0.2, 0.25) is 0 Å². The first-order chi connectivity index (χ1) is 9.13. The molecule has 0 radical (unpaired) electrons. The molecule has 0 spiro atoms. The summed E-state index contributed by atoms with van der Waals surface area (Å²) in [5.41, 5.74) is 1.03. The van der Waals surface area contributed by atoms with Gasteiger partial charge in [0.15, 0.2) is 0 Å². The van der Waals surface area contributed by atoms with Gasteiger partial charge in [0.1, 0.15) is 13.2 Å². The summed E-state index contributed by atoms with van der Waals surface area (Å²) in [7, 11) is 0. The van der Waals surface area contributed by atoms with E-state index in [4.69, 9.17) is 15.9 Å². The number of hydrogen-bond donors (Lipinski definition) is 1. The average Bonchev–Trinajstić information content (AvgIpc) is 2.68. The van der Waals surface area contributed by atoms with Crippen LogP contribution < -0.4 is 5.32 Å². The Morgan fingerprint density at radius 3 is 2.89 bits per heavy atom. The quantitative estimate of drug-likeness (QED) is 0.610. The first-order valence-electron chi connectivity index (χ1n) is 5.98. The summed E-state index contributed by atoms with van der Waals surface area (Å²) in [6.07, 6.45) is 5.33. The molecule has 0 aliphatic rings. The average molecular weight is 282 g/mol. The third-order valence-electron chi connectivity index (χ3n) is 2.27. The molecule has 1 aromatic rings. The van der Waals surface area contributed by atoms with Crippen LogP contribution in [0.2, 0.25) is 0 Å². The normalized spacial score (nSPS) is 9.95. The summed E-state index contributed by atoms with van der Waals surface area (Å²) in [5.74, 6) is 2.33. The zero-order valence-electron chi connectivity index (χ0n) is 11.2. The Labute approximate surface area is 117 Å². The molecule has 0 saturated heterocycles. The number of carbonyl (C=O) groups is 1. The fraction of sp³-hybridized carbons (Fsp3) is 0.538. The van der Waals surface area contributed by atoms with Crippen LogP contribution in [0, 0.1) is 26.2 Å². The molecule has 0 bridgehead atoms. The summed E-state index contributed by atoms with van der Waals surface area (Å²) < 4.78 is 9.88. The largest absolute Gasteiger partial charge is 0.447 e. The second kappa shape index (κ2) is 8.51. The molecule has 1 aromatic heterocycles. The molecule has 1 rings (SSSR count). The second-order valence-corrected chi connectivity index (χ2v) is 5.10. The number of nitrogens with zero attached hydrogens (tertiary/aromatic N) is 1. The van der Waals surface area contributed by atoms with E-state index in [1.165, 1.54) is 4.88 Å². The van der Waals surface area contributed by atoms with Crippen LogP contribution >= 0.6 is 11.3 Å². The lowest BCUT2D eigenvalue weighted by atomic mass is 10.3. The third-order valence-corrected chi connectivity index (χ3v) is 3.40. The number of carbonyl (C=O) groups excluding carboxylic acids is 1. The van der Waals surface area contributed by atoms with Crippen LogP contribution in [-0.4, -0.2) is 37.4 Å². The number of ether oxygens (including phenoxy) is 2. The number of alkyl carbamates (subject to hydrolysis) is 1. The van der Waals surface area contributed by atoms with Crippen LogP contribution in [0.15, 0.2) is 0 Å². The minimum Gasteiger partial charge on any atom is -0.447 e. The van der Waals surface area contributed by atoms with Crippen molar-refractivity contribution in [3.8, 4) is 12.3 Å². The van der Waals surface area contributed by atoms with Crippen LogP contribution in [0.25, 0.3) is 0 Å². The Hall–Kier alpha value is -1.58. The molecule has 0 aliphatic carbocycles. The van der Waals surface area contributed by atoms with Crippen molar-refractivity contribution in [2.24, 2.45) is 0 Å². The molecule has 104 valence electrons. The Balaban J connectivity index is 2.10. The predicted octanol–water partition coefficient (Wildman–Crippen LogP) is 1.68. The van der Waals surface area contributed by atoms with Crippen molar-refractivity contribution in [3.63, 3.8) is 0 Å². The molecule has 5 nitrogen and oxygen atoms in total. The Morgan fingerprint density at radius 1 is 1.47 bits per heavy atom. The van der Waals surface area contributed by atoms with Crippen molar-refractivity contribution in [3.05, 3.63) is 15.6 Å². The fourth-order valence-corrected chi connectivity index (χ4v) is 2.40. The SMILES string of the molecule is C#CCOCCOC(=O)NCCc1sc(C)nc1C. The van der Waals surface area contributed by atoms with Gasteiger partial charge in [-0.2, -0.15) is 0 Å². The molecule has 0 atom stereocenters. The van der Waals surface area contributed by atoms with E-state index < -0.39 is 6.09 Å². The number of thiazole rings is 1. The highest BCUT2D eigenvalue weighted by Gasteiger charge is 2.06. The number of aryl methyl sites for hydroxylation is 2. The molecule has 6 heteroatoms. The molecular formula is C13H18N2O3S. The summed E-state index contributed by atoms with van der Waals surface area (Å²) >= 11 is 1.65. The maximum Gasteiger partial charge on any atom is 0.407 e. The van der Waals surface area contributed by atoms with Crippen LogP contribution in [0.4, 0.5) is 4.79 Å². The summed E-state index contributed by atoms with van der Waals surface area (Å²) in [6.45, 7) is 5.22. The number of amides is 1. The molecule has 1 N–H and O–H groups in total. The summed E-state index contributed by atoms with van der Waals surface area (Å²) in [4.78, 5) is 16.8. The summed E-state index contributed by atoms with van der Waals surface area (Å²) in [5, 5.41) is 3.72. The molecule has 0 saturated carbocycles. The molecule has 1 amide bonds. The van der Waals surface area contributed by atoms with Gasteiger partial charge in [-0.25, -0.2) is 9.78 Å².